The van der Waals surface area contributed by atoms with E-state index in [2.05, 4.69) is 41.2 Å². The lowest BCUT2D eigenvalue weighted by atomic mass is 9.92. The second-order valence-corrected chi connectivity index (χ2v) is 10.1. The van der Waals surface area contributed by atoms with Crippen molar-refractivity contribution in [2.45, 2.75) is 78.2 Å². The van der Waals surface area contributed by atoms with E-state index in [1.807, 2.05) is 0 Å². The highest BCUT2D eigenvalue weighted by atomic mass is 16.2. The monoisotopic (exact) mass is 419 g/mol. The number of likely N-dealkylation sites (tertiary alicyclic amines) is 2. The molecule has 172 valence electrons. The highest BCUT2D eigenvalue weighted by Crippen LogP contribution is 2.27. The molecule has 1 aliphatic carbocycles. The molecule has 0 aromatic rings. The van der Waals surface area contributed by atoms with Crippen LogP contribution in [-0.4, -0.2) is 73.5 Å². The van der Waals surface area contributed by atoms with Crippen molar-refractivity contribution < 1.29 is 4.79 Å². The summed E-state index contributed by atoms with van der Waals surface area (Å²) in [6.45, 7) is 14.0. The summed E-state index contributed by atoms with van der Waals surface area (Å²) in [5, 5.41) is 6.96. The predicted molar refractivity (Wildman–Crippen MR) is 125 cm³/mol. The zero-order valence-corrected chi connectivity index (χ0v) is 19.7. The highest BCUT2D eigenvalue weighted by molar-refractivity contribution is 5.81. The zero-order chi connectivity index (χ0) is 21.3. The second-order valence-electron chi connectivity index (χ2n) is 10.1. The van der Waals surface area contributed by atoms with Crippen molar-refractivity contribution in [2.75, 3.05) is 45.8 Å². The number of amides is 1. The third kappa shape index (κ3) is 7.14. The summed E-state index contributed by atoms with van der Waals surface area (Å²) in [4.78, 5) is 22.2. The van der Waals surface area contributed by atoms with Crippen molar-refractivity contribution in [3.05, 3.63) is 0 Å². The minimum absolute atomic E-state index is 0.288. The number of nitrogens with one attached hydrogen (secondary N) is 2. The van der Waals surface area contributed by atoms with Gasteiger partial charge < -0.3 is 20.4 Å². The second kappa shape index (κ2) is 11.9. The number of piperidine rings is 1. The van der Waals surface area contributed by atoms with Gasteiger partial charge in [-0.3, -0.25) is 9.79 Å². The van der Waals surface area contributed by atoms with Gasteiger partial charge in [-0.25, -0.2) is 0 Å². The zero-order valence-electron chi connectivity index (χ0n) is 19.7. The van der Waals surface area contributed by atoms with Gasteiger partial charge in [-0.05, 0) is 63.8 Å². The molecule has 6 heteroatoms. The van der Waals surface area contributed by atoms with Gasteiger partial charge in [0.1, 0.15) is 0 Å². The topological polar surface area (TPSA) is 60.0 Å². The Labute approximate surface area is 184 Å². The van der Waals surface area contributed by atoms with Gasteiger partial charge in [0.05, 0.1) is 0 Å². The van der Waals surface area contributed by atoms with Gasteiger partial charge in [0, 0.05) is 51.2 Å². The molecule has 0 spiro atoms. The van der Waals surface area contributed by atoms with Crippen LogP contribution in [0, 0.1) is 17.8 Å². The summed E-state index contributed by atoms with van der Waals surface area (Å²) in [5.41, 5.74) is 0. The van der Waals surface area contributed by atoms with Crippen LogP contribution in [0.15, 0.2) is 4.99 Å². The fraction of sp³-hybridized carbons (Fsp3) is 0.917. The summed E-state index contributed by atoms with van der Waals surface area (Å²) in [7, 11) is 0. The van der Waals surface area contributed by atoms with Gasteiger partial charge in [-0.15, -0.1) is 0 Å². The van der Waals surface area contributed by atoms with Crippen molar-refractivity contribution in [2.24, 2.45) is 22.7 Å². The minimum Gasteiger partial charge on any atom is -0.357 e. The van der Waals surface area contributed by atoms with Gasteiger partial charge in [-0.1, -0.05) is 26.7 Å². The van der Waals surface area contributed by atoms with Crippen LogP contribution in [0.3, 0.4) is 0 Å². The van der Waals surface area contributed by atoms with Crippen LogP contribution in [0.4, 0.5) is 0 Å². The van der Waals surface area contributed by atoms with E-state index in [4.69, 9.17) is 4.99 Å². The Morgan fingerprint density at radius 2 is 1.77 bits per heavy atom. The third-order valence-corrected chi connectivity index (χ3v) is 6.99. The number of carbonyl (C=O) groups excluding carboxylic acids is 1. The van der Waals surface area contributed by atoms with Gasteiger partial charge >= 0.3 is 0 Å². The van der Waals surface area contributed by atoms with Crippen LogP contribution < -0.4 is 10.6 Å². The lowest BCUT2D eigenvalue weighted by Gasteiger charge is -2.34. The lowest BCUT2D eigenvalue weighted by Crippen LogP contribution is -2.45. The molecule has 30 heavy (non-hydrogen) atoms. The summed E-state index contributed by atoms with van der Waals surface area (Å²) in [6.07, 6.45) is 9.37. The van der Waals surface area contributed by atoms with Crippen LogP contribution >= 0.6 is 0 Å². The molecule has 0 aromatic heterocycles. The van der Waals surface area contributed by atoms with E-state index >= 15 is 0 Å². The Bertz CT molecular complexity index is 550. The summed E-state index contributed by atoms with van der Waals surface area (Å²) in [5.74, 6) is 3.26. The lowest BCUT2D eigenvalue weighted by molar-refractivity contribution is -0.134. The average Bonchev–Trinajstić information content (AvgIpc) is 3.39. The van der Waals surface area contributed by atoms with Gasteiger partial charge in [0.15, 0.2) is 5.96 Å². The Morgan fingerprint density at radius 3 is 2.47 bits per heavy atom. The van der Waals surface area contributed by atoms with Crippen LogP contribution in [0.2, 0.25) is 0 Å². The molecule has 2 heterocycles. The Balaban J connectivity index is 1.36. The largest absolute Gasteiger partial charge is 0.357 e. The predicted octanol–water partition coefficient (Wildman–Crippen LogP) is 3.09. The first kappa shape index (κ1) is 23.4. The molecular weight excluding hydrogens is 374 g/mol. The summed E-state index contributed by atoms with van der Waals surface area (Å²) >= 11 is 0. The molecule has 3 rings (SSSR count). The number of rotatable bonds is 8. The molecule has 2 aliphatic heterocycles. The fourth-order valence-electron chi connectivity index (χ4n) is 5.64. The van der Waals surface area contributed by atoms with Crippen molar-refractivity contribution in [3.8, 4) is 0 Å². The molecule has 6 nitrogen and oxygen atoms in total. The van der Waals surface area contributed by atoms with Gasteiger partial charge in [-0.2, -0.15) is 0 Å². The maximum atomic E-state index is 12.7. The van der Waals surface area contributed by atoms with Crippen LogP contribution in [0.5, 0.6) is 0 Å². The number of guanidine groups is 1. The van der Waals surface area contributed by atoms with Crippen molar-refractivity contribution in [1.29, 1.82) is 0 Å². The number of hydrogen-bond acceptors (Lipinski definition) is 3. The molecule has 1 saturated carbocycles. The molecule has 1 amide bonds. The van der Waals surface area contributed by atoms with E-state index < -0.39 is 0 Å². The summed E-state index contributed by atoms with van der Waals surface area (Å²) < 4.78 is 0. The SMILES string of the molecule is CCNC(=NCCCCN1CC(C)CC(C)C1)NC1CCN(C(=O)C2CCCC2)C1. The molecule has 2 N–H and O–H groups in total. The molecule has 0 bridgehead atoms. The van der Waals surface area contributed by atoms with Crippen LogP contribution in [-0.2, 0) is 4.79 Å². The smallest absolute Gasteiger partial charge is 0.225 e. The first-order valence-electron chi connectivity index (χ1n) is 12.6. The first-order valence-corrected chi connectivity index (χ1v) is 12.6. The van der Waals surface area contributed by atoms with E-state index in [1.54, 1.807) is 0 Å². The quantitative estimate of drug-likeness (QED) is 0.361. The average molecular weight is 420 g/mol. The van der Waals surface area contributed by atoms with E-state index in [-0.39, 0.29) is 5.92 Å². The van der Waals surface area contributed by atoms with Crippen molar-refractivity contribution in [3.63, 3.8) is 0 Å². The van der Waals surface area contributed by atoms with Crippen LogP contribution in [0.1, 0.15) is 72.1 Å². The fourth-order valence-corrected chi connectivity index (χ4v) is 5.64. The van der Waals surface area contributed by atoms with Crippen molar-refractivity contribution in [1.82, 2.24) is 20.4 Å². The Morgan fingerprint density at radius 1 is 1.03 bits per heavy atom. The number of hydrogen-bond donors (Lipinski definition) is 2. The maximum absolute atomic E-state index is 12.7. The van der Waals surface area contributed by atoms with Crippen molar-refractivity contribution >= 4 is 11.9 Å². The molecule has 0 radical (unpaired) electrons. The third-order valence-electron chi connectivity index (χ3n) is 6.99. The Kier molecular flexibility index (Phi) is 9.28. The summed E-state index contributed by atoms with van der Waals surface area (Å²) in [6, 6.07) is 0.324. The number of aliphatic imine (C=N–C) groups is 1. The molecule has 3 aliphatic rings. The van der Waals surface area contributed by atoms with E-state index in [1.165, 1.54) is 45.3 Å². The van der Waals surface area contributed by atoms with Gasteiger partial charge in [0.2, 0.25) is 5.91 Å². The van der Waals surface area contributed by atoms with E-state index in [0.717, 1.165) is 69.7 Å². The van der Waals surface area contributed by atoms with E-state index in [9.17, 15) is 4.79 Å². The van der Waals surface area contributed by atoms with E-state index in [0.29, 0.717) is 11.9 Å². The first-order chi connectivity index (χ1) is 14.5. The molecule has 2 saturated heterocycles. The molecular formula is C24H45N5O. The number of unbranched alkanes of at least 4 members (excludes halogenated alkanes) is 1. The standard InChI is InChI=1S/C24H45N5O/c1-4-25-24(26-12-7-8-13-28-16-19(2)15-20(3)17-28)27-22-11-14-29(18-22)23(30)21-9-5-6-10-21/h19-22H,4-18H2,1-3H3,(H2,25,26,27). The molecule has 3 unspecified atom stereocenters. The normalized spacial score (nSPS) is 28.8. The highest BCUT2D eigenvalue weighted by Gasteiger charge is 2.32. The number of nitrogens with zero attached hydrogens (tertiary/aromatic N) is 3. The maximum Gasteiger partial charge on any atom is 0.225 e. The van der Waals surface area contributed by atoms with Crippen LogP contribution in [0.25, 0.3) is 0 Å². The Hall–Kier alpha value is -1.30. The minimum atomic E-state index is 0.288. The number of carbonyl (C=O) groups is 1. The molecule has 0 aromatic carbocycles. The molecule has 3 fully saturated rings. The molecule has 3 atom stereocenters. The van der Waals surface area contributed by atoms with Gasteiger partial charge in [0.25, 0.3) is 0 Å².